The number of carbonyl (C=O) groups excluding carboxylic acids is 2. The maximum absolute atomic E-state index is 11.9. The van der Waals surface area contributed by atoms with E-state index in [1.807, 2.05) is 30.3 Å². The van der Waals surface area contributed by atoms with Crippen molar-refractivity contribution in [3.63, 3.8) is 0 Å². The number of amides is 2. The number of nitrogens with one attached hydrogen (secondary N) is 2. The van der Waals surface area contributed by atoms with Crippen LogP contribution in [0.2, 0.25) is 0 Å². The zero-order valence-electron chi connectivity index (χ0n) is 13.5. The molecule has 1 aromatic carbocycles. The summed E-state index contributed by atoms with van der Waals surface area (Å²) < 4.78 is 6.82. The molecule has 0 aliphatic heterocycles. The summed E-state index contributed by atoms with van der Waals surface area (Å²) in [6.07, 6.45) is 5.15. The lowest BCUT2D eigenvalue weighted by Crippen LogP contribution is -2.37. The topological polar surface area (TPSA) is 89.2 Å². The summed E-state index contributed by atoms with van der Waals surface area (Å²) in [7, 11) is 0. The Bertz CT molecular complexity index is 825. The van der Waals surface area contributed by atoms with Gasteiger partial charge in [0.1, 0.15) is 5.76 Å². The average Bonchev–Trinajstić information content (AvgIpc) is 3.31. The average molecular weight is 338 g/mol. The molecular weight excluding hydrogens is 320 g/mol. The Morgan fingerprint density at radius 3 is 2.64 bits per heavy atom. The van der Waals surface area contributed by atoms with Crippen LogP contribution in [-0.2, 0) is 22.6 Å². The van der Waals surface area contributed by atoms with Gasteiger partial charge in [-0.05, 0) is 29.8 Å². The van der Waals surface area contributed by atoms with Gasteiger partial charge < -0.3 is 15.1 Å². The first kappa shape index (κ1) is 16.5. The Hall–Kier alpha value is -3.35. The third-order valence-electron chi connectivity index (χ3n) is 3.51. The Labute approximate surface area is 144 Å². The number of carbonyl (C=O) groups is 2. The fourth-order valence-electron chi connectivity index (χ4n) is 2.26. The van der Waals surface area contributed by atoms with Crippen molar-refractivity contribution < 1.29 is 14.0 Å². The summed E-state index contributed by atoms with van der Waals surface area (Å²) in [6, 6.07) is 13.1. The zero-order valence-corrected chi connectivity index (χ0v) is 13.5. The first-order valence-electron chi connectivity index (χ1n) is 7.85. The van der Waals surface area contributed by atoms with E-state index in [1.165, 1.54) is 0 Å². The summed E-state index contributed by atoms with van der Waals surface area (Å²) in [6.45, 7) is 0.220. The van der Waals surface area contributed by atoms with E-state index in [0.29, 0.717) is 12.3 Å². The van der Waals surface area contributed by atoms with Crippen LogP contribution in [0.3, 0.4) is 0 Å². The van der Waals surface area contributed by atoms with Crippen LogP contribution in [0.1, 0.15) is 11.3 Å². The minimum absolute atomic E-state index is 0.0770. The van der Waals surface area contributed by atoms with Crippen molar-refractivity contribution in [2.75, 3.05) is 6.54 Å². The van der Waals surface area contributed by atoms with Crippen molar-refractivity contribution in [3.05, 3.63) is 72.4 Å². The molecule has 2 aromatic heterocycles. The molecule has 0 saturated heterocycles. The van der Waals surface area contributed by atoms with E-state index in [1.54, 1.807) is 35.5 Å². The quantitative estimate of drug-likeness (QED) is 0.682. The second-order valence-corrected chi connectivity index (χ2v) is 5.44. The van der Waals surface area contributed by atoms with E-state index in [-0.39, 0.29) is 24.8 Å². The van der Waals surface area contributed by atoms with Crippen LogP contribution in [-0.4, -0.2) is 28.1 Å². The van der Waals surface area contributed by atoms with E-state index < -0.39 is 0 Å². The van der Waals surface area contributed by atoms with E-state index in [9.17, 15) is 9.59 Å². The van der Waals surface area contributed by atoms with Crippen LogP contribution >= 0.6 is 0 Å². The Morgan fingerprint density at radius 2 is 1.88 bits per heavy atom. The fraction of sp³-hybridized carbons (Fsp3) is 0.167. The van der Waals surface area contributed by atoms with Gasteiger partial charge in [0.15, 0.2) is 0 Å². The summed E-state index contributed by atoms with van der Waals surface area (Å²) in [5.41, 5.74) is 1.70. The third-order valence-corrected chi connectivity index (χ3v) is 3.51. The molecule has 7 nitrogen and oxygen atoms in total. The lowest BCUT2D eigenvalue weighted by atomic mass is 10.2. The molecule has 2 amide bonds. The van der Waals surface area contributed by atoms with Gasteiger partial charge in [-0.15, -0.1) is 0 Å². The predicted octanol–water partition coefficient (Wildman–Crippen LogP) is 1.44. The van der Waals surface area contributed by atoms with E-state index in [2.05, 4.69) is 15.7 Å². The van der Waals surface area contributed by atoms with Crippen LogP contribution < -0.4 is 10.6 Å². The Morgan fingerprint density at radius 1 is 1.04 bits per heavy atom. The van der Waals surface area contributed by atoms with Crippen LogP contribution in [0.25, 0.3) is 5.69 Å². The first-order valence-corrected chi connectivity index (χ1v) is 7.85. The number of hydrogen-bond acceptors (Lipinski definition) is 4. The highest BCUT2D eigenvalue weighted by atomic mass is 16.3. The van der Waals surface area contributed by atoms with Crippen molar-refractivity contribution in [2.24, 2.45) is 0 Å². The van der Waals surface area contributed by atoms with Gasteiger partial charge in [-0.1, -0.05) is 18.2 Å². The second kappa shape index (κ2) is 7.96. The molecule has 0 bridgehead atoms. The van der Waals surface area contributed by atoms with Gasteiger partial charge in [0, 0.05) is 6.20 Å². The molecule has 0 unspecified atom stereocenters. The summed E-state index contributed by atoms with van der Waals surface area (Å²) in [4.78, 5) is 23.6. The standard InChI is InChI=1S/C18H18N4O3/c23-17(20-12-18(24)19-11-16-7-4-8-25-16)9-14-10-21-22(13-14)15-5-2-1-3-6-15/h1-8,10,13H,9,11-12H2,(H,19,24)(H,20,23). The molecule has 2 heterocycles. The van der Waals surface area contributed by atoms with Crippen molar-refractivity contribution in [1.29, 1.82) is 0 Å². The van der Waals surface area contributed by atoms with Crippen molar-refractivity contribution in [1.82, 2.24) is 20.4 Å². The first-order chi connectivity index (χ1) is 12.2. The number of aromatic nitrogens is 2. The molecule has 0 atom stereocenters. The van der Waals surface area contributed by atoms with Gasteiger partial charge in [-0.2, -0.15) is 5.10 Å². The van der Waals surface area contributed by atoms with Gasteiger partial charge in [0.25, 0.3) is 0 Å². The molecule has 3 aromatic rings. The van der Waals surface area contributed by atoms with Crippen LogP contribution in [0.5, 0.6) is 0 Å². The minimum atomic E-state index is -0.273. The summed E-state index contributed by atoms with van der Waals surface area (Å²) in [5, 5.41) is 9.50. The molecule has 0 aliphatic rings. The van der Waals surface area contributed by atoms with Crippen LogP contribution in [0.15, 0.2) is 65.5 Å². The smallest absolute Gasteiger partial charge is 0.239 e. The van der Waals surface area contributed by atoms with Crippen molar-refractivity contribution in [3.8, 4) is 5.69 Å². The highest BCUT2D eigenvalue weighted by molar-refractivity contribution is 5.85. The Balaban J connectivity index is 1.43. The van der Waals surface area contributed by atoms with Crippen molar-refractivity contribution >= 4 is 11.8 Å². The highest BCUT2D eigenvalue weighted by Crippen LogP contribution is 2.08. The lowest BCUT2D eigenvalue weighted by molar-refractivity contribution is -0.125. The monoisotopic (exact) mass is 338 g/mol. The zero-order chi connectivity index (χ0) is 17.5. The predicted molar refractivity (Wildman–Crippen MR) is 90.8 cm³/mol. The van der Waals surface area contributed by atoms with E-state index in [0.717, 1.165) is 11.3 Å². The molecule has 0 radical (unpaired) electrons. The maximum atomic E-state index is 11.9. The molecule has 0 aliphatic carbocycles. The number of benzene rings is 1. The number of hydrogen-bond donors (Lipinski definition) is 2. The summed E-state index contributed by atoms with van der Waals surface area (Å²) >= 11 is 0. The maximum Gasteiger partial charge on any atom is 0.239 e. The fourth-order valence-corrected chi connectivity index (χ4v) is 2.26. The number of rotatable bonds is 7. The van der Waals surface area contributed by atoms with Gasteiger partial charge in [-0.3, -0.25) is 9.59 Å². The molecule has 0 saturated carbocycles. The van der Waals surface area contributed by atoms with Gasteiger partial charge in [0.05, 0.1) is 37.7 Å². The number of nitrogens with zero attached hydrogens (tertiary/aromatic N) is 2. The molecule has 0 fully saturated rings. The molecule has 3 rings (SSSR count). The van der Waals surface area contributed by atoms with Gasteiger partial charge in [0.2, 0.25) is 11.8 Å². The van der Waals surface area contributed by atoms with Crippen molar-refractivity contribution in [2.45, 2.75) is 13.0 Å². The molecule has 25 heavy (non-hydrogen) atoms. The molecule has 2 N–H and O–H groups in total. The van der Waals surface area contributed by atoms with Gasteiger partial charge in [-0.25, -0.2) is 4.68 Å². The van der Waals surface area contributed by atoms with Crippen LogP contribution in [0, 0.1) is 0 Å². The van der Waals surface area contributed by atoms with E-state index >= 15 is 0 Å². The van der Waals surface area contributed by atoms with E-state index in [4.69, 9.17) is 4.42 Å². The Kier molecular flexibility index (Phi) is 5.26. The van der Waals surface area contributed by atoms with Gasteiger partial charge >= 0.3 is 0 Å². The van der Waals surface area contributed by atoms with Crippen LogP contribution in [0.4, 0.5) is 0 Å². The largest absolute Gasteiger partial charge is 0.467 e. The number of para-hydroxylation sites is 1. The normalized spacial score (nSPS) is 10.4. The summed E-state index contributed by atoms with van der Waals surface area (Å²) in [5.74, 6) is 0.151. The minimum Gasteiger partial charge on any atom is -0.467 e. The lowest BCUT2D eigenvalue weighted by Gasteiger charge is -2.05. The number of furan rings is 1. The second-order valence-electron chi connectivity index (χ2n) is 5.44. The molecule has 128 valence electrons. The molecule has 7 heteroatoms. The molecular formula is C18H18N4O3. The SMILES string of the molecule is O=C(CNC(=O)Cc1cnn(-c2ccccc2)c1)NCc1ccco1. The highest BCUT2D eigenvalue weighted by Gasteiger charge is 2.09. The third kappa shape index (κ3) is 4.81. The molecule has 0 spiro atoms.